The van der Waals surface area contributed by atoms with Crippen LogP contribution in [0.2, 0.25) is 0 Å². The summed E-state index contributed by atoms with van der Waals surface area (Å²) in [7, 11) is -3.55. The van der Waals surface area contributed by atoms with Gasteiger partial charge in [0.1, 0.15) is 10.7 Å². The van der Waals surface area contributed by atoms with E-state index in [1.165, 1.54) is 0 Å². The molecule has 0 N–H and O–H groups in total. The molecule has 0 aliphatic carbocycles. The summed E-state index contributed by atoms with van der Waals surface area (Å²) in [4.78, 5) is 6.81. The van der Waals surface area contributed by atoms with Crippen molar-refractivity contribution in [3.05, 3.63) is 35.8 Å². The summed E-state index contributed by atoms with van der Waals surface area (Å²) in [5.74, 6) is 0.528. The molecule has 2 saturated heterocycles. The molecule has 0 aromatic carbocycles. The predicted octanol–water partition coefficient (Wildman–Crippen LogP) is 1.97. The second-order valence-electron chi connectivity index (χ2n) is 7.84. The van der Waals surface area contributed by atoms with Crippen molar-refractivity contribution in [2.45, 2.75) is 50.7 Å². The number of aryl methyl sites for hydroxylation is 2. The average molecular weight is 420 g/mol. The number of sulfonamides is 1. The second-order valence-corrected chi connectivity index (χ2v) is 9.74. The van der Waals surface area contributed by atoms with Crippen molar-refractivity contribution in [3.63, 3.8) is 0 Å². The van der Waals surface area contributed by atoms with E-state index in [2.05, 4.69) is 10.1 Å². The van der Waals surface area contributed by atoms with Gasteiger partial charge in [-0.1, -0.05) is 6.42 Å². The molecule has 158 valence electrons. The van der Waals surface area contributed by atoms with Crippen molar-refractivity contribution < 1.29 is 13.2 Å². The van der Waals surface area contributed by atoms with E-state index < -0.39 is 10.0 Å². The smallest absolute Gasteiger partial charge is 0.246 e. The third kappa shape index (κ3) is 4.31. The van der Waals surface area contributed by atoms with E-state index in [1.54, 1.807) is 22.6 Å². The molecule has 29 heavy (non-hydrogen) atoms. The highest BCUT2D eigenvalue weighted by molar-refractivity contribution is 7.89. The highest BCUT2D eigenvalue weighted by Crippen LogP contribution is 2.29. The van der Waals surface area contributed by atoms with E-state index in [9.17, 15) is 8.42 Å². The Kier molecular flexibility index (Phi) is 5.89. The van der Waals surface area contributed by atoms with Gasteiger partial charge in [-0.05, 0) is 44.9 Å². The minimum absolute atomic E-state index is 0.0747. The van der Waals surface area contributed by atoms with Crippen LogP contribution in [0.25, 0.3) is 0 Å². The molecule has 2 aliphatic heterocycles. The Morgan fingerprint density at radius 1 is 1.17 bits per heavy atom. The fourth-order valence-corrected chi connectivity index (χ4v) is 5.82. The van der Waals surface area contributed by atoms with Gasteiger partial charge in [0.2, 0.25) is 10.0 Å². The normalized spacial score (nSPS) is 21.4. The van der Waals surface area contributed by atoms with Crippen molar-refractivity contribution >= 4 is 15.8 Å². The SMILES string of the molecule is Cc1cc(C)n(CC2CN(c3ncccc3S(=O)(=O)N3CCCCC3)CCO2)n1. The van der Waals surface area contributed by atoms with Gasteiger partial charge in [-0.3, -0.25) is 4.68 Å². The Morgan fingerprint density at radius 3 is 2.69 bits per heavy atom. The van der Waals surface area contributed by atoms with Crippen LogP contribution in [0, 0.1) is 13.8 Å². The zero-order valence-electron chi connectivity index (χ0n) is 17.1. The summed E-state index contributed by atoms with van der Waals surface area (Å²) in [6.07, 6.45) is 4.50. The first kappa shape index (κ1) is 20.3. The van der Waals surface area contributed by atoms with E-state index in [0.29, 0.717) is 50.0 Å². The second kappa shape index (κ2) is 8.41. The topological polar surface area (TPSA) is 80.6 Å². The van der Waals surface area contributed by atoms with Gasteiger partial charge in [-0.25, -0.2) is 13.4 Å². The number of aromatic nitrogens is 3. The molecule has 2 aliphatic rings. The summed E-state index contributed by atoms with van der Waals surface area (Å²) in [5.41, 5.74) is 2.07. The number of anilines is 1. The number of ether oxygens (including phenoxy) is 1. The number of hydrogen-bond donors (Lipinski definition) is 0. The molecule has 2 aromatic heterocycles. The van der Waals surface area contributed by atoms with Crippen LogP contribution >= 0.6 is 0 Å². The Hall–Kier alpha value is -1.97. The van der Waals surface area contributed by atoms with Crippen molar-refractivity contribution in [3.8, 4) is 0 Å². The molecular weight excluding hydrogens is 390 g/mol. The van der Waals surface area contributed by atoms with E-state index in [1.807, 2.05) is 29.5 Å². The predicted molar refractivity (Wildman–Crippen MR) is 111 cm³/mol. The van der Waals surface area contributed by atoms with E-state index in [0.717, 1.165) is 30.7 Å². The number of morpholine rings is 1. The van der Waals surface area contributed by atoms with Crippen LogP contribution < -0.4 is 4.90 Å². The average Bonchev–Trinajstić information content (AvgIpc) is 3.05. The summed E-state index contributed by atoms with van der Waals surface area (Å²) in [6.45, 7) is 7.54. The van der Waals surface area contributed by atoms with Crippen molar-refractivity contribution in [2.24, 2.45) is 0 Å². The molecule has 4 heterocycles. The third-order valence-electron chi connectivity index (χ3n) is 5.60. The fraction of sp³-hybridized carbons (Fsp3) is 0.600. The lowest BCUT2D eigenvalue weighted by Gasteiger charge is -2.35. The van der Waals surface area contributed by atoms with Crippen LogP contribution in [-0.4, -0.2) is 66.4 Å². The molecule has 0 amide bonds. The van der Waals surface area contributed by atoms with Gasteiger partial charge < -0.3 is 9.64 Å². The van der Waals surface area contributed by atoms with Crippen molar-refractivity contribution in [2.75, 3.05) is 37.7 Å². The van der Waals surface area contributed by atoms with Crippen LogP contribution in [0.1, 0.15) is 30.7 Å². The zero-order valence-corrected chi connectivity index (χ0v) is 17.9. The molecule has 0 spiro atoms. The van der Waals surface area contributed by atoms with Gasteiger partial charge in [0, 0.05) is 38.1 Å². The first-order valence-corrected chi connectivity index (χ1v) is 11.7. The fourth-order valence-electron chi connectivity index (χ4n) is 4.14. The van der Waals surface area contributed by atoms with E-state index in [4.69, 9.17) is 4.74 Å². The van der Waals surface area contributed by atoms with Gasteiger partial charge >= 0.3 is 0 Å². The number of rotatable bonds is 5. The lowest BCUT2D eigenvalue weighted by atomic mass is 10.2. The summed E-state index contributed by atoms with van der Waals surface area (Å²) < 4.78 is 36.1. The van der Waals surface area contributed by atoms with Gasteiger partial charge in [0.05, 0.1) is 24.9 Å². The first-order valence-electron chi connectivity index (χ1n) is 10.3. The maximum Gasteiger partial charge on any atom is 0.246 e. The molecule has 1 atom stereocenters. The molecule has 0 radical (unpaired) electrons. The Bertz CT molecular complexity index is 953. The maximum atomic E-state index is 13.3. The first-order chi connectivity index (χ1) is 13.9. The number of nitrogens with zero attached hydrogens (tertiary/aromatic N) is 5. The summed E-state index contributed by atoms with van der Waals surface area (Å²) in [6, 6.07) is 5.43. The molecule has 2 aromatic rings. The molecular formula is C20H29N5O3S. The van der Waals surface area contributed by atoms with Crippen LogP contribution in [0.3, 0.4) is 0 Å². The van der Waals surface area contributed by atoms with Gasteiger partial charge in [-0.15, -0.1) is 0 Å². The van der Waals surface area contributed by atoms with Crippen LogP contribution in [0.4, 0.5) is 5.82 Å². The molecule has 8 nitrogen and oxygen atoms in total. The lowest BCUT2D eigenvalue weighted by Crippen LogP contribution is -2.46. The highest BCUT2D eigenvalue weighted by atomic mass is 32.2. The molecule has 9 heteroatoms. The molecule has 2 fully saturated rings. The Morgan fingerprint density at radius 2 is 1.97 bits per heavy atom. The van der Waals surface area contributed by atoms with Gasteiger partial charge in [0.25, 0.3) is 0 Å². The Balaban J connectivity index is 1.56. The van der Waals surface area contributed by atoms with Crippen LogP contribution in [-0.2, 0) is 21.3 Å². The quantitative estimate of drug-likeness (QED) is 0.737. The van der Waals surface area contributed by atoms with Gasteiger partial charge in [-0.2, -0.15) is 9.40 Å². The standard InChI is InChI=1S/C20H29N5O3S/c1-16-13-17(2)25(22-16)15-18-14-23(11-12-28-18)20-19(7-6-8-21-20)29(26,27)24-9-4-3-5-10-24/h6-8,13,18H,3-5,9-12,14-15H2,1-2H3. The van der Waals surface area contributed by atoms with Crippen LogP contribution in [0.5, 0.6) is 0 Å². The number of pyridine rings is 1. The van der Waals surface area contributed by atoms with Crippen molar-refractivity contribution in [1.82, 2.24) is 19.1 Å². The molecule has 1 unspecified atom stereocenters. The van der Waals surface area contributed by atoms with Gasteiger partial charge in [0.15, 0.2) is 0 Å². The number of piperidine rings is 1. The highest BCUT2D eigenvalue weighted by Gasteiger charge is 2.32. The molecule has 0 bridgehead atoms. The number of hydrogen-bond acceptors (Lipinski definition) is 6. The monoisotopic (exact) mass is 419 g/mol. The molecule has 0 saturated carbocycles. The van der Waals surface area contributed by atoms with Crippen molar-refractivity contribution in [1.29, 1.82) is 0 Å². The summed E-state index contributed by atoms with van der Waals surface area (Å²) >= 11 is 0. The summed E-state index contributed by atoms with van der Waals surface area (Å²) in [5, 5.41) is 4.52. The van der Waals surface area contributed by atoms with E-state index in [-0.39, 0.29) is 6.10 Å². The largest absolute Gasteiger partial charge is 0.373 e. The minimum atomic E-state index is -3.55. The molecule has 4 rings (SSSR count). The minimum Gasteiger partial charge on any atom is -0.373 e. The third-order valence-corrected chi connectivity index (χ3v) is 7.52. The zero-order chi connectivity index (χ0) is 20.4. The Labute approximate surface area is 172 Å². The van der Waals surface area contributed by atoms with E-state index >= 15 is 0 Å². The lowest BCUT2D eigenvalue weighted by molar-refractivity contribution is 0.0266. The maximum absolute atomic E-state index is 13.3. The van der Waals surface area contributed by atoms with Crippen LogP contribution in [0.15, 0.2) is 29.3 Å².